The predicted octanol–water partition coefficient (Wildman–Crippen LogP) is 1.48. The van der Waals surface area contributed by atoms with Gasteiger partial charge in [0.1, 0.15) is 0 Å². The molecule has 0 aliphatic carbocycles. The molecule has 0 atom stereocenters. The van der Waals surface area contributed by atoms with E-state index >= 15 is 0 Å². The fourth-order valence-corrected chi connectivity index (χ4v) is 1.59. The van der Waals surface area contributed by atoms with Gasteiger partial charge in [0.25, 0.3) is 0 Å². The molecule has 2 N–H and O–H groups in total. The van der Waals surface area contributed by atoms with Gasteiger partial charge < -0.3 is 15.3 Å². The standard InChI is InChI=1S/C13H19N3O3/c1-10(2)16(7-5-12(17)18)13(19)15-9-11-4-3-6-14-8-11/h3-4,6,8,10H,5,7,9H2,1-2H3,(H,15,19)(H,17,18). The Morgan fingerprint density at radius 1 is 1.47 bits per heavy atom. The van der Waals surface area contributed by atoms with Crippen molar-refractivity contribution in [2.75, 3.05) is 6.54 Å². The van der Waals surface area contributed by atoms with Gasteiger partial charge in [0.15, 0.2) is 0 Å². The molecule has 1 heterocycles. The van der Waals surface area contributed by atoms with E-state index < -0.39 is 5.97 Å². The number of nitrogens with one attached hydrogen (secondary N) is 1. The van der Waals surface area contributed by atoms with Gasteiger partial charge in [-0.15, -0.1) is 0 Å². The highest BCUT2D eigenvalue weighted by Crippen LogP contribution is 2.02. The zero-order chi connectivity index (χ0) is 14.3. The van der Waals surface area contributed by atoms with Gasteiger partial charge in [-0.2, -0.15) is 0 Å². The van der Waals surface area contributed by atoms with E-state index in [-0.39, 0.29) is 25.0 Å². The summed E-state index contributed by atoms with van der Waals surface area (Å²) in [5, 5.41) is 11.4. The highest BCUT2D eigenvalue weighted by atomic mass is 16.4. The number of carboxylic acid groups (broad SMARTS) is 1. The van der Waals surface area contributed by atoms with Crippen molar-refractivity contribution in [3.05, 3.63) is 30.1 Å². The van der Waals surface area contributed by atoms with Crippen molar-refractivity contribution in [3.63, 3.8) is 0 Å². The van der Waals surface area contributed by atoms with Crippen molar-refractivity contribution in [1.29, 1.82) is 0 Å². The summed E-state index contributed by atoms with van der Waals surface area (Å²) < 4.78 is 0. The largest absolute Gasteiger partial charge is 0.481 e. The molecule has 0 bridgehead atoms. The molecule has 6 nitrogen and oxygen atoms in total. The predicted molar refractivity (Wildman–Crippen MR) is 70.6 cm³/mol. The molecule has 0 aliphatic heterocycles. The van der Waals surface area contributed by atoms with Crippen LogP contribution in [0, 0.1) is 0 Å². The third kappa shape index (κ3) is 5.37. The molecule has 0 saturated carbocycles. The maximum absolute atomic E-state index is 12.0. The number of urea groups is 1. The number of carbonyl (C=O) groups excluding carboxylic acids is 1. The number of aliphatic carboxylic acids is 1. The topological polar surface area (TPSA) is 82.5 Å². The van der Waals surface area contributed by atoms with Crippen molar-refractivity contribution in [1.82, 2.24) is 15.2 Å². The summed E-state index contributed by atoms with van der Waals surface area (Å²) in [6, 6.07) is 3.35. The first-order valence-electron chi connectivity index (χ1n) is 6.16. The summed E-state index contributed by atoms with van der Waals surface area (Å²) in [5.41, 5.74) is 0.901. The number of rotatable bonds is 6. The van der Waals surface area contributed by atoms with Gasteiger partial charge in [0.2, 0.25) is 0 Å². The van der Waals surface area contributed by atoms with Crippen LogP contribution in [0.5, 0.6) is 0 Å². The Morgan fingerprint density at radius 3 is 2.74 bits per heavy atom. The summed E-state index contributed by atoms with van der Waals surface area (Å²) in [4.78, 5) is 28.0. The van der Waals surface area contributed by atoms with E-state index in [1.54, 1.807) is 18.5 Å². The van der Waals surface area contributed by atoms with E-state index in [0.717, 1.165) is 5.56 Å². The van der Waals surface area contributed by atoms with Gasteiger partial charge >= 0.3 is 12.0 Å². The third-order valence-electron chi connectivity index (χ3n) is 2.62. The second kappa shape index (κ2) is 7.35. The minimum absolute atomic E-state index is 0.0479. The van der Waals surface area contributed by atoms with Gasteiger partial charge in [0.05, 0.1) is 6.42 Å². The summed E-state index contributed by atoms with van der Waals surface area (Å²) in [6.45, 7) is 4.28. The molecule has 0 unspecified atom stereocenters. The summed E-state index contributed by atoms with van der Waals surface area (Å²) in [6.07, 6.45) is 3.29. The molecule has 0 saturated heterocycles. The van der Waals surface area contributed by atoms with Crippen molar-refractivity contribution >= 4 is 12.0 Å². The summed E-state index contributed by atoms with van der Waals surface area (Å²) >= 11 is 0. The molecule has 0 radical (unpaired) electrons. The number of hydrogen-bond acceptors (Lipinski definition) is 3. The van der Waals surface area contributed by atoms with Crippen LogP contribution >= 0.6 is 0 Å². The molecule has 0 spiro atoms. The van der Waals surface area contributed by atoms with Crippen molar-refractivity contribution in [2.24, 2.45) is 0 Å². The number of nitrogens with zero attached hydrogens (tertiary/aromatic N) is 2. The van der Waals surface area contributed by atoms with Crippen LogP contribution in [0.25, 0.3) is 0 Å². The minimum atomic E-state index is -0.911. The molecule has 1 rings (SSSR count). The molecule has 104 valence electrons. The SMILES string of the molecule is CC(C)N(CCC(=O)O)C(=O)NCc1cccnc1. The van der Waals surface area contributed by atoms with Crippen LogP contribution in [0.2, 0.25) is 0 Å². The number of hydrogen-bond donors (Lipinski definition) is 2. The Hall–Kier alpha value is -2.11. The normalized spacial score (nSPS) is 10.3. The molecule has 6 heteroatoms. The average molecular weight is 265 g/mol. The van der Waals surface area contributed by atoms with Crippen molar-refractivity contribution in [3.8, 4) is 0 Å². The molecular formula is C13H19N3O3. The van der Waals surface area contributed by atoms with E-state index in [4.69, 9.17) is 5.11 Å². The van der Waals surface area contributed by atoms with Gasteiger partial charge in [-0.3, -0.25) is 9.78 Å². The second-order valence-electron chi connectivity index (χ2n) is 4.45. The zero-order valence-corrected chi connectivity index (χ0v) is 11.2. The molecule has 0 aliphatic rings. The summed E-state index contributed by atoms with van der Waals surface area (Å²) in [5.74, 6) is -0.911. The lowest BCUT2D eigenvalue weighted by Gasteiger charge is -2.26. The van der Waals surface area contributed by atoms with Crippen LogP contribution in [0.4, 0.5) is 4.79 Å². The van der Waals surface area contributed by atoms with Gasteiger partial charge in [0, 0.05) is 31.5 Å². The lowest BCUT2D eigenvalue weighted by molar-refractivity contribution is -0.137. The average Bonchev–Trinajstić information content (AvgIpc) is 2.37. The number of pyridine rings is 1. The van der Waals surface area contributed by atoms with E-state index in [2.05, 4.69) is 10.3 Å². The Bertz CT molecular complexity index is 420. The number of carbonyl (C=O) groups is 2. The molecule has 2 amide bonds. The number of aromatic nitrogens is 1. The minimum Gasteiger partial charge on any atom is -0.481 e. The highest BCUT2D eigenvalue weighted by molar-refractivity contribution is 5.75. The monoisotopic (exact) mass is 265 g/mol. The quantitative estimate of drug-likeness (QED) is 0.816. The van der Waals surface area contributed by atoms with E-state index in [1.165, 1.54) is 4.90 Å². The second-order valence-corrected chi connectivity index (χ2v) is 4.45. The maximum atomic E-state index is 12.0. The fraction of sp³-hybridized carbons (Fsp3) is 0.462. The molecule has 19 heavy (non-hydrogen) atoms. The van der Waals surface area contributed by atoms with Gasteiger partial charge in [-0.05, 0) is 25.5 Å². The van der Waals surface area contributed by atoms with Crippen LogP contribution in [-0.4, -0.2) is 39.6 Å². The Kier molecular flexibility index (Phi) is 5.78. The van der Waals surface area contributed by atoms with Crippen molar-refractivity contribution in [2.45, 2.75) is 32.9 Å². The third-order valence-corrected chi connectivity index (χ3v) is 2.62. The Balaban J connectivity index is 2.50. The molecule has 0 fully saturated rings. The van der Waals surface area contributed by atoms with Crippen LogP contribution in [0.3, 0.4) is 0 Å². The van der Waals surface area contributed by atoms with Crippen LogP contribution in [-0.2, 0) is 11.3 Å². The lowest BCUT2D eigenvalue weighted by Crippen LogP contribution is -2.44. The smallest absolute Gasteiger partial charge is 0.317 e. The van der Waals surface area contributed by atoms with Crippen molar-refractivity contribution < 1.29 is 14.7 Å². The van der Waals surface area contributed by atoms with E-state index in [1.807, 2.05) is 19.9 Å². The van der Waals surface area contributed by atoms with Crippen LogP contribution < -0.4 is 5.32 Å². The Morgan fingerprint density at radius 2 is 2.21 bits per heavy atom. The molecule has 0 aromatic carbocycles. The molecular weight excluding hydrogens is 246 g/mol. The van der Waals surface area contributed by atoms with Crippen LogP contribution in [0.15, 0.2) is 24.5 Å². The summed E-state index contributed by atoms with van der Waals surface area (Å²) in [7, 11) is 0. The first-order valence-corrected chi connectivity index (χ1v) is 6.16. The first-order chi connectivity index (χ1) is 9.00. The number of amides is 2. The first kappa shape index (κ1) is 14.9. The maximum Gasteiger partial charge on any atom is 0.317 e. The van der Waals surface area contributed by atoms with Crippen LogP contribution in [0.1, 0.15) is 25.8 Å². The number of carboxylic acids is 1. The van der Waals surface area contributed by atoms with Gasteiger partial charge in [-0.1, -0.05) is 6.07 Å². The highest BCUT2D eigenvalue weighted by Gasteiger charge is 2.17. The molecule has 1 aromatic rings. The fourth-order valence-electron chi connectivity index (χ4n) is 1.59. The van der Waals surface area contributed by atoms with E-state index in [9.17, 15) is 9.59 Å². The van der Waals surface area contributed by atoms with Gasteiger partial charge in [-0.25, -0.2) is 4.79 Å². The molecule has 1 aromatic heterocycles. The lowest BCUT2D eigenvalue weighted by atomic mass is 10.3. The Labute approximate surface area is 112 Å². The van der Waals surface area contributed by atoms with E-state index in [0.29, 0.717) is 6.54 Å². The zero-order valence-electron chi connectivity index (χ0n) is 11.2.